The van der Waals surface area contributed by atoms with Crippen LogP contribution in [0.4, 0.5) is 0 Å². The lowest BCUT2D eigenvalue weighted by Crippen LogP contribution is -2.30. The third-order valence-corrected chi connectivity index (χ3v) is 4.29. The van der Waals surface area contributed by atoms with Crippen LogP contribution in [0.15, 0.2) is 11.4 Å². The molecule has 0 aliphatic carbocycles. The highest BCUT2D eigenvalue weighted by Gasteiger charge is 2.16. The van der Waals surface area contributed by atoms with E-state index in [0.29, 0.717) is 12.3 Å². The number of nitrogens with zero attached hydrogens (tertiary/aromatic N) is 1. The smallest absolute Gasteiger partial charge is 0.0540 e. The van der Waals surface area contributed by atoms with Gasteiger partial charge in [0.1, 0.15) is 0 Å². The number of rotatable bonds is 5. The largest absolute Gasteiger partial charge is 0.395 e. The van der Waals surface area contributed by atoms with Crippen LogP contribution in [0, 0.1) is 17.8 Å². The van der Waals surface area contributed by atoms with Gasteiger partial charge in [-0.3, -0.25) is 0 Å². The molecule has 0 saturated carbocycles. The molecule has 0 aromatic carbocycles. The normalized spacial score (nSPS) is 18.9. The molecule has 1 N–H and O–H groups in total. The van der Waals surface area contributed by atoms with Crippen LogP contribution in [0.25, 0.3) is 0 Å². The third kappa shape index (κ3) is 5.26. The standard InChI is InChI=1S/C16H23NO2S/c1-17(10-15-6-4-8-19-12-15)11-16-9-14(13-20-16)5-2-3-7-18/h9,13,15,18H,3-4,6-8,10-12H2,1H3. The van der Waals surface area contributed by atoms with E-state index in [1.165, 1.54) is 17.7 Å². The summed E-state index contributed by atoms with van der Waals surface area (Å²) < 4.78 is 5.53. The number of hydrogen-bond donors (Lipinski definition) is 1. The molecule has 20 heavy (non-hydrogen) atoms. The first-order valence-corrected chi connectivity index (χ1v) is 8.09. The predicted octanol–water partition coefficient (Wildman–Crippen LogP) is 2.34. The van der Waals surface area contributed by atoms with E-state index in [4.69, 9.17) is 9.84 Å². The average molecular weight is 293 g/mol. The van der Waals surface area contributed by atoms with Crippen molar-refractivity contribution in [3.63, 3.8) is 0 Å². The first kappa shape index (κ1) is 15.5. The molecule has 1 aliphatic heterocycles. The van der Waals surface area contributed by atoms with Crippen LogP contribution in [0.5, 0.6) is 0 Å². The van der Waals surface area contributed by atoms with Crippen molar-refractivity contribution < 1.29 is 9.84 Å². The minimum Gasteiger partial charge on any atom is -0.395 e. The maximum absolute atomic E-state index is 8.71. The van der Waals surface area contributed by atoms with Gasteiger partial charge in [-0.2, -0.15) is 0 Å². The van der Waals surface area contributed by atoms with Crippen molar-refractivity contribution in [1.82, 2.24) is 4.90 Å². The lowest BCUT2D eigenvalue weighted by Gasteiger charge is -2.26. The SMILES string of the molecule is CN(Cc1cc(C#CCCO)cs1)CC1CCCOC1. The highest BCUT2D eigenvalue weighted by molar-refractivity contribution is 7.10. The molecule has 1 unspecified atom stereocenters. The van der Waals surface area contributed by atoms with E-state index in [1.807, 2.05) is 0 Å². The minimum absolute atomic E-state index is 0.135. The molecule has 0 radical (unpaired) electrons. The molecular weight excluding hydrogens is 270 g/mol. The highest BCUT2D eigenvalue weighted by Crippen LogP contribution is 2.18. The van der Waals surface area contributed by atoms with E-state index in [1.54, 1.807) is 11.3 Å². The summed E-state index contributed by atoms with van der Waals surface area (Å²) in [5, 5.41) is 10.8. The van der Waals surface area contributed by atoms with E-state index in [0.717, 1.165) is 31.9 Å². The molecule has 1 aromatic rings. The van der Waals surface area contributed by atoms with Gasteiger partial charge in [0.25, 0.3) is 0 Å². The van der Waals surface area contributed by atoms with Crippen molar-refractivity contribution >= 4 is 11.3 Å². The Morgan fingerprint density at radius 1 is 1.55 bits per heavy atom. The maximum Gasteiger partial charge on any atom is 0.0540 e. The maximum atomic E-state index is 8.71. The van der Waals surface area contributed by atoms with Crippen molar-refractivity contribution in [3.8, 4) is 11.8 Å². The molecule has 1 atom stereocenters. The predicted molar refractivity (Wildman–Crippen MR) is 82.8 cm³/mol. The van der Waals surface area contributed by atoms with Crippen LogP contribution >= 0.6 is 11.3 Å². The van der Waals surface area contributed by atoms with E-state index in [-0.39, 0.29) is 6.61 Å². The Balaban J connectivity index is 1.79. The number of aliphatic hydroxyl groups is 1. The second-order valence-electron chi connectivity index (χ2n) is 5.36. The summed E-state index contributed by atoms with van der Waals surface area (Å²) in [5.74, 6) is 6.72. The molecule has 1 fully saturated rings. The third-order valence-electron chi connectivity index (χ3n) is 3.37. The summed E-state index contributed by atoms with van der Waals surface area (Å²) in [4.78, 5) is 3.72. The Bertz CT molecular complexity index is 455. The van der Waals surface area contributed by atoms with Gasteiger partial charge in [-0.1, -0.05) is 11.8 Å². The van der Waals surface area contributed by atoms with Crippen LogP contribution in [-0.4, -0.2) is 43.4 Å². The Hall–Kier alpha value is -0.860. The average Bonchev–Trinajstić information content (AvgIpc) is 2.87. The number of aliphatic hydroxyl groups excluding tert-OH is 1. The molecule has 1 saturated heterocycles. The van der Waals surface area contributed by atoms with E-state index in [2.05, 4.69) is 35.2 Å². The van der Waals surface area contributed by atoms with Gasteiger partial charge in [-0.25, -0.2) is 0 Å². The quantitative estimate of drug-likeness (QED) is 0.846. The van der Waals surface area contributed by atoms with Gasteiger partial charge in [0.2, 0.25) is 0 Å². The van der Waals surface area contributed by atoms with Gasteiger partial charge in [0.05, 0.1) is 13.2 Å². The molecule has 2 heterocycles. The summed E-state index contributed by atoms with van der Waals surface area (Å²) in [5.41, 5.74) is 1.06. The summed E-state index contributed by atoms with van der Waals surface area (Å²) >= 11 is 1.76. The molecule has 2 rings (SSSR count). The fourth-order valence-corrected chi connectivity index (χ4v) is 3.37. The Labute approximate surface area is 125 Å². The fraction of sp³-hybridized carbons (Fsp3) is 0.625. The molecular formula is C16H23NO2S. The second-order valence-corrected chi connectivity index (χ2v) is 6.35. The molecule has 0 amide bonds. The number of thiophene rings is 1. The summed E-state index contributed by atoms with van der Waals surface area (Å²) in [6.45, 7) is 4.05. The van der Waals surface area contributed by atoms with Crippen LogP contribution in [0.3, 0.4) is 0 Å². The lowest BCUT2D eigenvalue weighted by atomic mass is 10.0. The summed E-state index contributed by atoms with van der Waals surface area (Å²) in [6.07, 6.45) is 3.03. The van der Waals surface area contributed by atoms with Crippen molar-refractivity contribution in [1.29, 1.82) is 0 Å². The van der Waals surface area contributed by atoms with E-state index in [9.17, 15) is 0 Å². The van der Waals surface area contributed by atoms with Crippen LogP contribution in [0.1, 0.15) is 29.7 Å². The molecule has 3 nitrogen and oxygen atoms in total. The van der Waals surface area contributed by atoms with Crippen LogP contribution in [0.2, 0.25) is 0 Å². The van der Waals surface area contributed by atoms with E-state index >= 15 is 0 Å². The molecule has 1 aromatic heterocycles. The zero-order valence-corrected chi connectivity index (χ0v) is 12.9. The molecule has 0 bridgehead atoms. The van der Waals surface area contributed by atoms with Gasteiger partial charge in [0, 0.05) is 41.9 Å². The van der Waals surface area contributed by atoms with Gasteiger partial charge in [-0.05, 0) is 31.9 Å². The number of ether oxygens (including phenoxy) is 1. The first-order chi connectivity index (χ1) is 9.78. The monoisotopic (exact) mass is 293 g/mol. The minimum atomic E-state index is 0.135. The zero-order valence-electron chi connectivity index (χ0n) is 12.1. The molecule has 1 aliphatic rings. The topological polar surface area (TPSA) is 32.7 Å². The summed E-state index contributed by atoms with van der Waals surface area (Å²) in [6, 6.07) is 2.16. The Morgan fingerprint density at radius 2 is 2.45 bits per heavy atom. The van der Waals surface area contributed by atoms with Crippen molar-refractivity contribution in [3.05, 3.63) is 21.9 Å². The molecule has 110 valence electrons. The van der Waals surface area contributed by atoms with Gasteiger partial charge >= 0.3 is 0 Å². The van der Waals surface area contributed by atoms with Crippen molar-refractivity contribution in [2.24, 2.45) is 5.92 Å². The lowest BCUT2D eigenvalue weighted by molar-refractivity contribution is 0.0413. The highest BCUT2D eigenvalue weighted by atomic mass is 32.1. The fourth-order valence-electron chi connectivity index (χ4n) is 2.47. The van der Waals surface area contributed by atoms with Crippen molar-refractivity contribution in [2.45, 2.75) is 25.8 Å². The van der Waals surface area contributed by atoms with Crippen molar-refractivity contribution in [2.75, 3.05) is 33.4 Å². The van der Waals surface area contributed by atoms with Crippen LogP contribution in [-0.2, 0) is 11.3 Å². The Morgan fingerprint density at radius 3 is 3.20 bits per heavy atom. The van der Waals surface area contributed by atoms with Gasteiger partial charge < -0.3 is 14.7 Å². The Kier molecular flexibility index (Phi) is 6.55. The molecule has 0 spiro atoms. The van der Waals surface area contributed by atoms with Crippen LogP contribution < -0.4 is 0 Å². The van der Waals surface area contributed by atoms with E-state index < -0.39 is 0 Å². The van der Waals surface area contributed by atoms with Gasteiger partial charge in [0.15, 0.2) is 0 Å². The first-order valence-electron chi connectivity index (χ1n) is 7.21. The summed E-state index contributed by atoms with van der Waals surface area (Å²) in [7, 11) is 2.17. The zero-order chi connectivity index (χ0) is 14.2. The van der Waals surface area contributed by atoms with Gasteiger partial charge in [-0.15, -0.1) is 11.3 Å². The molecule has 4 heteroatoms. The number of hydrogen-bond acceptors (Lipinski definition) is 4. The second kappa shape index (κ2) is 8.43.